The van der Waals surface area contributed by atoms with Gasteiger partial charge in [-0.25, -0.2) is 4.39 Å². The molecule has 1 fully saturated rings. The van der Waals surface area contributed by atoms with E-state index in [1.54, 1.807) is 18.2 Å². The second-order valence-electron chi connectivity index (χ2n) is 5.00. The Bertz CT molecular complexity index is 504. The van der Waals surface area contributed by atoms with Crippen molar-refractivity contribution in [3.8, 4) is 0 Å². The van der Waals surface area contributed by atoms with Gasteiger partial charge in [0.15, 0.2) is 0 Å². The number of hydrogen-bond acceptors (Lipinski definition) is 2. The van der Waals surface area contributed by atoms with Crippen molar-refractivity contribution in [3.63, 3.8) is 0 Å². The van der Waals surface area contributed by atoms with E-state index in [-0.39, 0.29) is 36.4 Å². The summed E-state index contributed by atoms with van der Waals surface area (Å²) in [5, 5.41) is 2.82. The minimum atomic E-state index is -0.437. The van der Waals surface area contributed by atoms with E-state index in [1.807, 2.05) is 6.92 Å². The average Bonchev–Trinajstić information content (AvgIpc) is 2.81. The molecule has 0 spiro atoms. The van der Waals surface area contributed by atoms with E-state index in [0.717, 1.165) is 12.8 Å². The Morgan fingerprint density at radius 1 is 1.45 bits per heavy atom. The van der Waals surface area contributed by atoms with Gasteiger partial charge in [-0.2, -0.15) is 0 Å². The van der Waals surface area contributed by atoms with Crippen LogP contribution in [0.3, 0.4) is 0 Å². The van der Waals surface area contributed by atoms with Crippen LogP contribution < -0.4 is 10.2 Å². The first kappa shape index (κ1) is 14.5. The summed E-state index contributed by atoms with van der Waals surface area (Å²) in [5.41, 5.74) is 0.251. The first-order chi connectivity index (χ1) is 9.63. The maximum atomic E-state index is 13.7. The number of carbonyl (C=O) groups is 2. The summed E-state index contributed by atoms with van der Waals surface area (Å²) < 4.78 is 13.7. The Kier molecular flexibility index (Phi) is 4.71. The van der Waals surface area contributed by atoms with Gasteiger partial charge in [0.25, 0.3) is 0 Å². The summed E-state index contributed by atoms with van der Waals surface area (Å²) in [6.07, 6.45) is 2.07. The van der Waals surface area contributed by atoms with E-state index in [0.29, 0.717) is 6.54 Å². The molecule has 108 valence electrons. The lowest BCUT2D eigenvalue weighted by molar-refractivity contribution is -0.126. The van der Waals surface area contributed by atoms with Crippen molar-refractivity contribution in [1.82, 2.24) is 5.32 Å². The fourth-order valence-electron chi connectivity index (χ4n) is 2.32. The number of rotatable bonds is 5. The van der Waals surface area contributed by atoms with Crippen LogP contribution >= 0.6 is 0 Å². The molecule has 0 saturated carbocycles. The minimum absolute atomic E-state index is 0.120. The number of nitrogens with one attached hydrogen (secondary N) is 1. The zero-order chi connectivity index (χ0) is 14.5. The predicted octanol–water partition coefficient (Wildman–Crippen LogP) is 2.09. The molecule has 1 aromatic carbocycles. The molecule has 20 heavy (non-hydrogen) atoms. The number of amides is 2. The third-order valence-corrected chi connectivity index (χ3v) is 3.47. The van der Waals surface area contributed by atoms with Crippen LogP contribution in [0.15, 0.2) is 24.3 Å². The molecule has 1 atom stereocenters. The van der Waals surface area contributed by atoms with Crippen molar-refractivity contribution in [2.45, 2.75) is 26.2 Å². The average molecular weight is 278 g/mol. The second kappa shape index (κ2) is 6.50. The Morgan fingerprint density at radius 3 is 2.90 bits per heavy atom. The van der Waals surface area contributed by atoms with Crippen molar-refractivity contribution in [1.29, 1.82) is 0 Å². The third kappa shape index (κ3) is 3.15. The van der Waals surface area contributed by atoms with Gasteiger partial charge in [0.05, 0.1) is 11.6 Å². The Labute approximate surface area is 118 Å². The van der Waals surface area contributed by atoms with Crippen LogP contribution in [0, 0.1) is 11.7 Å². The van der Waals surface area contributed by atoms with Gasteiger partial charge in [-0.05, 0) is 18.6 Å². The summed E-state index contributed by atoms with van der Waals surface area (Å²) in [6.45, 7) is 2.92. The van der Waals surface area contributed by atoms with Gasteiger partial charge in [0, 0.05) is 19.5 Å². The molecule has 1 N–H and O–H groups in total. The van der Waals surface area contributed by atoms with Gasteiger partial charge < -0.3 is 10.2 Å². The molecular formula is C15H19FN2O2. The standard InChI is InChI=1S/C15H19FN2O2/c1-2-3-8-17-15(20)11-9-14(19)18(10-11)13-7-5-4-6-12(13)16/h4-7,11H,2-3,8-10H2,1H3,(H,17,20). The van der Waals surface area contributed by atoms with Crippen molar-refractivity contribution in [2.24, 2.45) is 5.92 Å². The van der Waals surface area contributed by atoms with E-state index < -0.39 is 5.82 Å². The monoisotopic (exact) mass is 278 g/mol. The number of halogens is 1. The molecule has 1 saturated heterocycles. The van der Waals surface area contributed by atoms with Crippen LogP contribution in [0.4, 0.5) is 10.1 Å². The lowest BCUT2D eigenvalue weighted by atomic mass is 10.1. The Balaban J connectivity index is 2.00. The summed E-state index contributed by atoms with van der Waals surface area (Å²) in [5.74, 6) is -1.15. The molecule has 0 aliphatic carbocycles. The summed E-state index contributed by atoms with van der Waals surface area (Å²) >= 11 is 0. The van der Waals surface area contributed by atoms with Crippen molar-refractivity contribution in [2.75, 3.05) is 18.0 Å². The molecule has 1 aliphatic heterocycles. The molecule has 1 aliphatic rings. The topological polar surface area (TPSA) is 49.4 Å². The molecule has 0 radical (unpaired) electrons. The van der Waals surface area contributed by atoms with Crippen LogP contribution in [0.1, 0.15) is 26.2 Å². The molecule has 1 aromatic rings. The van der Waals surface area contributed by atoms with E-state index in [1.165, 1.54) is 11.0 Å². The normalized spacial score (nSPS) is 18.4. The van der Waals surface area contributed by atoms with Gasteiger partial charge in [0.1, 0.15) is 5.82 Å². The summed E-state index contributed by atoms with van der Waals surface area (Å²) in [4.78, 5) is 25.3. The lowest BCUT2D eigenvalue weighted by Crippen LogP contribution is -2.33. The van der Waals surface area contributed by atoms with Crippen LogP contribution in [-0.4, -0.2) is 24.9 Å². The quantitative estimate of drug-likeness (QED) is 0.838. The highest BCUT2D eigenvalue weighted by Gasteiger charge is 2.35. The number of anilines is 1. The van der Waals surface area contributed by atoms with Gasteiger partial charge in [0.2, 0.25) is 11.8 Å². The zero-order valence-electron chi connectivity index (χ0n) is 11.6. The lowest BCUT2D eigenvalue weighted by Gasteiger charge is -2.17. The number of unbranched alkanes of at least 4 members (excludes halogenated alkanes) is 1. The minimum Gasteiger partial charge on any atom is -0.356 e. The van der Waals surface area contributed by atoms with Gasteiger partial charge >= 0.3 is 0 Å². The summed E-state index contributed by atoms with van der Waals surface area (Å²) in [6, 6.07) is 6.14. The van der Waals surface area contributed by atoms with E-state index in [4.69, 9.17) is 0 Å². The zero-order valence-corrected chi connectivity index (χ0v) is 11.6. The Hall–Kier alpha value is -1.91. The van der Waals surface area contributed by atoms with Gasteiger partial charge in [-0.15, -0.1) is 0 Å². The smallest absolute Gasteiger partial charge is 0.227 e. The Morgan fingerprint density at radius 2 is 2.20 bits per heavy atom. The number of hydrogen-bond donors (Lipinski definition) is 1. The fraction of sp³-hybridized carbons (Fsp3) is 0.467. The largest absolute Gasteiger partial charge is 0.356 e. The maximum absolute atomic E-state index is 13.7. The maximum Gasteiger partial charge on any atom is 0.227 e. The molecule has 0 bridgehead atoms. The van der Waals surface area contributed by atoms with Crippen LogP contribution in [0.5, 0.6) is 0 Å². The number of carbonyl (C=O) groups excluding carboxylic acids is 2. The molecule has 2 rings (SSSR count). The molecule has 1 heterocycles. The number of benzene rings is 1. The molecular weight excluding hydrogens is 259 g/mol. The molecule has 1 unspecified atom stereocenters. The second-order valence-corrected chi connectivity index (χ2v) is 5.00. The predicted molar refractivity (Wildman–Crippen MR) is 74.8 cm³/mol. The molecule has 4 nitrogen and oxygen atoms in total. The van der Waals surface area contributed by atoms with Crippen LogP contribution in [-0.2, 0) is 9.59 Å². The highest BCUT2D eigenvalue weighted by atomic mass is 19.1. The molecule has 2 amide bonds. The SMILES string of the molecule is CCCCNC(=O)C1CC(=O)N(c2ccccc2F)C1. The van der Waals surface area contributed by atoms with Crippen molar-refractivity contribution < 1.29 is 14.0 Å². The van der Waals surface area contributed by atoms with Crippen LogP contribution in [0.2, 0.25) is 0 Å². The first-order valence-corrected chi connectivity index (χ1v) is 6.96. The first-order valence-electron chi connectivity index (χ1n) is 6.96. The van der Waals surface area contributed by atoms with Gasteiger partial charge in [-0.1, -0.05) is 25.5 Å². The molecule has 5 heteroatoms. The number of nitrogens with zero attached hydrogens (tertiary/aromatic N) is 1. The van der Waals surface area contributed by atoms with Crippen molar-refractivity contribution in [3.05, 3.63) is 30.1 Å². The summed E-state index contributed by atoms with van der Waals surface area (Å²) in [7, 11) is 0. The van der Waals surface area contributed by atoms with E-state index >= 15 is 0 Å². The highest BCUT2D eigenvalue weighted by molar-refractivity contribution is 6.00. The van der Waals surface area contributed by atoms with Gasteiger partial charge in [-0.3, -0.25) is 9.59 Å². The molecule has 0 aromatic heterocycles. The number of para-hydroxylation sites is 1. The van der Waals surface area contributed by atoms with E-state index in [9.17, 15) is 14.0 Å². The third-order valence-electron chi connectivity index (χ3n) is 3.47. The van der Waals surface area contributed by atoms with E-state index in [2.05, 4.69) is 5.32 Å². The van der Waals surface area contributed by atoms with Crippen molar-refractivity contribution >= 4 is 17.5 Å². The van der Waals surface area contributed by atoms with Crippen LogP contribution in [0.25, 0.3) is 0 Å². The fourth-order valence-corrected chi connectivity index (χ4v) is 2.32. The highest BCUT2D eigenvalue weighted by Crippen LogP contribution is 2.27.